The topological polar surface area (TPSA) is 85.9 Å². The van der Waals surface area contributed by atoms with E-state index in [0.29, 0.717) is 34.2 Å². The van der Waals surface area contributed by atoms with Crippen molar-refractivity contribution >= 4 is 23.2 Å². The van der Waals surface area contributed by atoms with Crippen LogP contribution in [0.3, 0.4) is 0 Å². The second-order valence-electron chi connectivity index (χ2n) is 8.71. The van der Waals surface area contributed by atoms with Gasteiger partial charge in [0.15, 0.2) is 6.61 Å². The molecule has 0 aliphatic carbocycles. The third kappa shape index (κ3) is 6.51. The predicted molar refractivity (Wildman–Crippen MR) is 133 cm³/mol. The van der Waals surface area contributed by atoms with Gasteiger partial charge in [0, 0.05) is 17.3 Å². The quantitative estimate of drug-likeness (QED) is 0.476. The molecule has 3 aromatic rings. The Hall–Kier alpha value is -4.00. The molecule has 3 rings (SSSR count). The summed E-state index contributed by atoms with van der Waals surface area (Å²) in [5.41, 5.74) is 2.93. The fourth-order valence-electron chi connectivity index (χ4n) is 3.20. The van der Waals surface area contributed by atoms with Crippen LogP contribution in [-0.4, -0.2) is 32.6 Å². The second-order valence-corrected chi connectivity index (χ2v) is 8.71. The SMILES string of the molecule is COc1ccc(NC(=O)COc2ccc(NC(=O)c3ccc(C(C)(C)C)cc3)cc2)c(OC)c1. The van der Waals surface area contributed by atoms with Crippen molar-refractivity contribution in [1.29, 1.82) is 0 Å². The molecule has 0 heterocycles. The van der Waals surface area contributed by atoms with Crippen molar-refractivity contribution in [2.45, 2.75) is 26.2 Å². The van der Waals surface area contributed by atoms with Gasteiger partial charge in [-0.3, -0.25) is 9.59 Å². The minimum Gasteiger partial charge on any atom is -0.497 e. The Morgan fingerprint density at radius 2 is 1.44 bits per heavy atom. The van der Waals surface area contributed by atoms with E-state index in [1.54, 1.807) is 49.6 Å². The van der Waals surface area contributed by atoms with Crippen molar-refractivity contribution < 1.29 is 23.8 Å². The van der Waals surface area contributed by atoms with E-state index in [4.69, 9.17) is 14.2 Å². The van der Waals surface area contributed by atoms with Crippen LogP contribution in [0.4, 0.5) is 11.4 Å². The molecule has 0 atom stereocenters. The number of carbonyl (C=O) groups excluding carboxylic acids is 2. The Morgan fingerprint density at radius 1 is 0.794 bits per heavy atom. The maximum atomic E-state index is 12.5. The number of ether oxygens (including phenoxy) is 3. The Balaban J connectivity index is 1.53. The lowest BCUT2D eigenvalue weighted by Crippen LogP contribution is -2.20. The van der Waals surface area contributed by atoms with Gasteiger partial charge in [0.1, 0.15) is 17.2 Å². The summed E-state index contributed by atoms with van der Waals surface area (Å²) in [6.45, 7) is 6.21. The maximum Gasteiger partial charge on any atom is 0.262 e. The lowest BCUT2D eigenvalue weighted by atomic mass is 9.87. The zero-order valence-corrected chi connectivity index (χ0v) is 20.1. The number of nitrogens with one attached hydrogen (secondary N) is 2. The number of amides is 2. The van der Waals surface area contributed by atoms with Gasteiger partial charge in [-0.25, -0.2) is 0 Å². The molecule has 7 heteroatoms. The third-order valence-corrected chi connectivity index (χ3v) is 5.18. The van der Waals surface area contributed by atoms with Crippen LogP contribution >= 0.6 is 0 Å². The minimum atomic E-state index is -0.334. The van der Waals surface area contributed by atoms with Gasteiger partial charge in [-0.15, -0.1) is 0 Å². The van der Waals surface area contributed by atoms with E-state index in [1.165, 1.54) is 12.7 Å². The fraction of sp³-hybridized carbons (Fsp3) is 0.259. The van der Waals surface area contributed by atoms with E-state index in [-0.39, 0.29) is 23.8 Å². The number of methoxy groups -OCH3 is 2. The minimum absolute atomic E-state index is 0.0302. The Kier molecular flexibility index (Phi) is 7.79. The molecule has 34 heavy (non-hydrogen) atoms. The molecule has 0 saturated heterocycles. The van der Waals surface area contributed by atoms with Gasteiger partial charge in [0.25, 0.3) is 11.8 Å². The molecule has 0 fully saturated rings. The first kappa shape index (κ1) is 24.6. The van der Waals surface area contributed by atoms with Crippen LogP contribution in [-0.2, 0) is 10.2 Å². The number of benzene rings is 3. The van der Waals surface area contributed by atoms with Crippen molar-refractivity contribution in [3.05, 3.63) is 77.9 Å². The largest absolute Gasteiger partial charge is 0.497 e. The molecular formula is C27H30N2O5. The van der Waals surface area contributed by atoms with Crippen LogP contribution in [0.5, 0.6) is 17.2 Å². The average molecular weight is 463 g/mol. The summed E-state index contributed by atoms with van der Waals surface area (Å²) in [7, 11) is 3.07. The second kappa shape index (κ2) is 10.7. The number of carbonyl (C=O) groups is 2. The highest BCUT2D eigenvalue weighted by atomic mass is 16.5. The van der Waals surface area contributed by atoms with Crippen molar-refractivity contribution in [2.24, 2.45) is 0 Å². The molecule has 0 aromatic heterocycles. The highest BCUT2D eigenvalue weighted by Gasteiger charge is 2.14. The van der Waals surface area contributed by atoms with Gasteiger partial charge < -0.3 is 24.8 Å². The monoisotopic (exact) mass is 462 g/mol. The van der Waals surface area contributed by atoms with Gasteiger partial charge >= 0.3 is 0 Å². The fourth-order valence-corrected chi connectivity index (χ4v) is 3.20. The maximum absolute atomic E-state index is 12.5. The van der Waals surface area contributed by atoms with Crippen LogP contribution < -0.4 is 24.8 Å². The molecule has 0 saturated carbocycles. The van der Waals surface area contributed by atoms with Crippen LogP contribution in [0.15, 0.2) is 66.7 Å². The van der Waals surface area contributed by atoms with Gasteiger partial charge in [0.05, 0.1) is 19.9 Å². The van der Waals surface area contributed by atoms with E-state index in [2.05, 4.69) is 31.4 Å². The molecule has 0 unspecified atom stereocenters. The first-order valence-corrected chi connectivity index (χ1v) is 10.9. The molecule has 0 spiro atoms. The van der Waals surface area contributed by atoms with Crippen LogP contribution in [0.25, 0.3) is 0 Å². The summed E-state index contributed by atoms with van der Waals surface area (Å²) in [5, 5.41) is 5.62. The molecule has 0 aliphatic rings. The number of hydrogen-bond donors (Lipinski definition) is 2. The standard InChI is InChI=1S/C27H30N2O5/c1-27(2,3)19-8-6-18(7-9-19)26(31)28-20-10-12-21(13-11-20)34-17-25(30)29-23-15-14-22(32-4)16-24(23)33-5/h6-16H,17H2,1-5H3,(H,28,31)(H,29,30). The van der Waals surface area contributed by atoms with E-state index in [9.17, 15) is 9.59 Å². The summed E-state index contributed by atoms with van der Waals surface area (Å²) in [6.07, 6.45) is 0. The van der Waals surface area contributed by atoms with Crippen LogP contribution in [0, 0.1) is 0 Å². The lowest BCUT2D eigenvalue weighted by Gasteiger charge is -2.19. The van der Waals surface area contributed by atoms with Gasteiger partial charge in [-0.1, -0.05) is 32.9 Å². The Bertz CT molecular complexity index is 1130. The van der Waals surface area contributed by atoms with E-state index >= 15 is 0 Å². The summed E-state index contributed by atoms with van der Waals surface area (Å²) < 4.78 is 16.0. The van der Waals surface area contributed by atoms with Gasteiger partial charge in [-0.2, -0.15) is 0 Å². The molecule has 2 amide bonds. The first-order chi connectivity index (χ1) is 16.2. The van der Waals surface area contributed by atoms with E-state index < -0.39 is 0 Å². The zero-order chi connectivity index (χ0) is 24.7. The van der Waals surface area contributed by atoms with E-state index in [0.717, 1.165) is 0 Å². The van der Waals surface area contributed by atoms with Crippen molar-refractivity contribution in [3.8, 4) is 17.2 Å². The molecule has 0 aliphatic heterocycles. The molecule has 7 nitrogen and oxygen atoms in total. The number of rotatable bonds is 8. The molecule has 3 aromatic carbocycles. The molecule has 0 radical (unpaired) electrons. The molecular weight excluding hydrogens is 432 g/mol. The van der Waals surface area contributed by atoms with Crippen LogP contribution in [0.2, 0.25) is 0 Å². The number of hydrogen-bond acceptors (Lipinski definition) is 5. The van der Waals surface area contributed by atoms with Gasteiger partial charge in [0.2, 0.25) is 0 Å². The summed E-state index contributed by atoms with van der Waals surface area (Å²) in [5.74, 6) is 1.09. The Labute approximate surface area is 200 Å². The lowest BCUT2D eigenvalue weighted by molar-refractivity contribution is -0.118. The number of anilines is 2. The predicted octanol–water partition coefficient (Wildman–Crippen LogP) is 5.27. The summed E-state index contributed by atoms with van der Waals surface area (Å²) in [6, 6.07) is 19.5. The van der Waals surface area contributed by atoms with Crippen molar-refractivity contribution in [3.63, 3.8) is 0 Å². The summed E-state index contributed by atoms with van der Waals surface area (Å²) >= 11 is 0. The van der Waals surface area contributed by atoms with Crippen molar-refractivity contribution in [1.82, 2.24) is 0 Å². The summed E-state index contributed by atoms with van der Waals surface area (Å²) in [4.78, 5) is 24.8. The van der Waals surface area contributed by atoms with E-state index in [1.807, 2.05) is 24.3 Å². The van der Waals surface area contributed by atoms with Gasteiger partial charge in [-0.05, 0) is 59.5 Å². The molecule has 178 valence electrons. The first-order valence-electron chi connectivity index (χ1n) is 10.9. The van der Waals surface area contributed by atoms with Crippen LogP contribution in [0.1, 0.15) is 36.7 Å². The highest BCUT2D eigenvalue weighted by Crippen LogP contribution is 2.29. The molecule has 2 N–H and O–H groups in total. The zero-order valence-electron chi connectivity index (χ0n) is 20.1. The van der Waals surface area contributed by atoms with Crippen molar-refractivity contribution in [2.75, 3.05) is 31.5 Å². The highest BCUT2D eigenvalue weighted by molar-refractivity contribution is 6.04. The third-order valence-electron chi connectivity index (χ3n) is 5.18. The Morgan fingerprint density at radius 3 is 2.03 bits per heavy atom. The normalized spacial score (nSPS) is 10.9. The molecule has 0 bridgehead atoms. The smallest absolute Gasteiger partial charge is 0.262 e. The average Bonchev–Trinajstić information content (AvgIpc) is 2.83.